The Labute approximate surface area is 121 Å². The second-order valence-corrected chi connectivity index (χ2v) is 5.34. The van der Waals surface area contributed by atoms with Gasteiger partial charge in [-0.2, -0.15) is 0 Å². The lowest BCUT2D eigenvalue weighted by atomic mass is 10.3. The molecule has 0 aliphatic heterocycles. The second-order valence-electron chi connectivity index (χ2n) is 3.89. The summed E-state index contributed by atoms with van der Waals surface area (Å²) in [6.07, 6.45) is 0. The first-order chi connectivity index (χ1) is 9.15. The van der Waals surface area contributed by atoms with E-state index in [0.29, 0.717) is 22.2 Å². The molecule has 2 rings (SSSR count). The lowest BCUT2D eigenvalue weighted by Gasteiger charge is -2.06. The predicted molar refractivity (Wildman–Crippen MR) is 81.7 cm³/mol. The molecule has 0 bridgehead atoms. The van der Waals surface area contributed by atoms with E-state index in [2.05, 4.69) is 5.32 Å². The van der Waals surface area contributed by atoms with Crippen molar-refractivity contribution in [2.45, 2.75) is 4.90 Å². The van der Waals surface area contributed by atoms with Crippen molar-refractivity contribution in [3.8, 4) is 0 Å². The molecule has 1 amide bonds. The molecule has 0 atom stereocenters. The van der Waals surface area contributed by atoms with Crippen LogP contribution < -0.4 is 11.1 Å². The van der Waals surface area contributed by atoms with Crippen LogP contribution in [0.15, 0.2) is 53.4 Å². The van der Waals surface area contributed by atoms with Crippen LogP contribution in [0.1, 0.15) is 0 Å². The fourth-order valence-electron chi connectivity index (χ4n) is 1.46. The number of para-hydroxylation sites is 1. The Kier molecular flexibility index (Phi) is 4.71. The van der Waals surface area contributed by atoms with Gasteiger partial charge in [0.2, 0.25) is 5.91 Å². The van der Waals surface area contributed by atoms with Crippen molar-refractivity contribution < 1.29 is 4.79 Å². The maximum absolute atomic E-state index is 11.8. The zero-order valence-corrected chi connectivity index (χ0v) is 11.7. The van der Waals surface area contributed by atoms with Crippen LogP contribution in [0.5, 0.6) is 0 Å². The Morgan fingerprint density at radius 2 is 1.84 bits per heavy atom. The third-order valence-electron chi connectivity index (χ3n) is 2.40. The number of hydrogen-bond acceptors (Lipinski definition) is 3. The molecule has 0 heterocycles. The number of nitrogens with two attached hydrogens (primary N) is 1. The van der Waals surface area contributed by atoms with Crippen molar-refractivity contribution in [1.29, 1.82) is 0 Å². The molecule has 0 unspecified atom stereocenters. The number of nitrogens with one attached hydrogen (secondary N) is 1. The molecule has 0 aliphatic carbocycles. The van der Waals surface area contributed by atoms with Crippen molar-refractivity contribution in [1.82, 2.24) is 0 Å². The largest absolute Gasteiger partial charge is 0.399 e. The number of thioether (sulfide) groups is 1. The highest BCUT2D eigenvalue weighted by molar-refractivity contribution is 8.00. The van der Waals surface area contributed by atoms with Crippen molar-refractivity contribution in [3.63, 3.8) is 0 Å². The molecule has 3 nitrogen and oxygen atoms in total. The minimum Gasteiger partial charge on any atom is -0.399 e. The minimum absolute atomic E-state index is 0.0880. The van der Waals surface area contributed by atoms with Crippen LogP contribution in [0.3, 0.4) is 0 Å². The number of carbonyl (C=O) groups excluding carboxylic acids is 1. The molecular weight excluding hydrogens is 280 g/mol. The number of halogens is 1. The Morgan fingerprint density at radius 1 is 1.16 bits per heavy atom. The molecule has 5 heteroatoms. The molecule has 0 saturated carbocycles. The summed E-state index contributed by atoms with van der Waals surface area (Å²) >= 11 is 7.42. The topological polar surface area (TPSA) is 55.1 Å². The fraction of sp³-hybridized carbons (Fsp3) is 0.0714. The van der Waals surface area contributed by atoms with Gasteiger partial charge in [0, 0.05) is 10.6 Å². The summed E-state index contributed by atoms with van der Waals surface area (Å²) in [6, 6.07) is 14.6. The van der Waals surface area contributed by atoms with Gasteiger partial charge in [0.05, 0.1) is 16.5 Å². The highest BCUT2D eigenvalue weighted by Crippen LogP contribution is 2.22. The Bertz CT molecular complexity index is 572. The number of hydrogen-bond donors (Lipinski definition) is 2. The van der Waals surface area contributed by atoms with E-state index in [1.54, 1.807) is 12.1 Å². The first-order valence-electron chi connectivity index (χ1n) is 5.68. The van der Waals surface area contributed by atoms with E-state index in [1.165, 1.54) is 11.8 Å². The Hall–Kier alpha value is -1.65. The highest BCUT2D eigenvalue weighted by Gasteiger charge is 2.05. The van der Waals surface area contributed by atoms with Gasteiger partial charge < -0.3 is 11.1 Å². The Balaban J connectivity index is 1.88. The number of amides is 1. The van der Waals surface area contributed by atoms with Crippen molar-refractivity contribution >= 4 is 40.6 Å². The lowest BCUT2D eigenvalue weighted by Crippen LogP contribution is -2.14. The fourth-order valence-corrected chi connectivity index (χ4v) is 2.34. The number of nitrogen functional groups attached to an aromatic ring is 1. The van der Waals surface area contributed by atoms with Crippen LogP contribution in [0.4, 0.5) is 11.4 Å². The van der Waals surface area contributed by atoms with E-state index in [9.17, 15) is 4.79 Å². The van der Waals surface area contributed by atoms with Gasteiger partial charge in [-0.3, -0.25) is 4.79 Å². The average Bonchev–Trinajstić information content (AvgIpc) is 2.41. The van der Waals surface area contributed by atoms with Crippen molar-refractivity contribution in [3.05, 3.63) is 53.6 Å². The third-order valence-corrected chi connectivity index (χ3v) is 3.74. The monoisotopic (exact) mass is 292 g/mol. The summed E-state index contributed by atoms with van der Waals surface area (Å²) in [5, 5.41) is 3.31. The van der Waals surface area contributed by atoms with Crippen molar-refractivity contribution in [2.75, 3.05) is 16.8 Å². The maximum Gasteiger partial charge on any atom is 0.234 e. The number of rotatable bonds is 4. The molecule has 3 N–H and O–H groups in total. The summed E-state index contributed by atoms with van der Waals surface area (Å²) in [4.78, 5) is 12.8. The summed E-state index contributed by atoms with van der Waals surface area (Å²) < 4.78 is 0. The van der Waals surface area contributed by atoms with Crippen LogP contribution in [-0.4, -0.2) is 11.7 Å². The van der Waals surface area contributed by atoms with Crippen LogP contribution in [0.25, 0.3) is 0 Å². The number of carbonyl (C=O) groups is 1. The van der Waals surface area contributed by atoms with E-state index in [0.717, 1.165) is 4.90 Å². The molecule has 0 spiro atoms. The van der Waals surface area contributed by atoms with Crippen LogP contribution in [0.2, 0.25) is 5.02 Å². The lowest BCUT2D eigenvalue weighted by molar-refractivity contribution is -0.113. The quantitative estimate of drug-likeness (QED) is 0.668. The van der Waals surface area contributed by atoms with Gasteiger partial charge in [0.25, 0.3) is 0 Å². The van der Waals surface area contributed by atoms with Crippen molar-refractivity contribution in [2.24, 2.45) is 0 Å². The maximum atomic E-state index is 11.8. The zero-order chi connectivity index (χ0) is 13.7. The van der Waals surface area contributed by atoms with E-state index >= 15 is 0 Å². The molecule has 19 heavy (non-hydrogen) atoms. The molecule has 0 fully saturated rings. The standard InChI is InChI=1S/C14H13ClN2OS/c15-12-3-1-2-4-13(12)17-14(18)9-19-11-7-5-10(16)6-8-11/h1-8H,9,16H2,(H,17,18). The summed E-state index contributed by atoms with van der Waals surface area (Å²) in [7, 11) is 0. The molecule has 98 valence electrons. The smallest absolute Gasteiger partial charge is 0.234 e. The van der Waals surface area contributed by atoms with E-state index in [-0.39, 0.29) is 5.91 Å². The Morgan fingerprint density at radius 3 is 2.53 bits per heavy atom. The average molecular weight is 293 g/mol. The van der Waals surface area contributed by atoms with Gasteiger partial charge in [-0.05, 0) is 36.4 Å². The molecule has 0 aromatic heterocycles. The molecule has 0 saturated heterocycles. The van der Waals surface area contributed by atoms with Gasteiger partial charge in [0.1, 0.15) is 0 Å². The van der Waals surface area contributed by atoms with Gasteiger partial charge >= 0.3 is 0 Å². The molecule has 2 aromatic rings. The normalized spacial score (nSPS) is 10.2. The van der Waals surface area contributed by atoms with Gasteiger partial charge in [-0.1, -0.05) is 23.7 Å². The number of anilines is 2. The van der Waals surface area contributed by atoms with E-state index < -0.39 is 0 Å². The van der Waals surface area contributed by atoms with Gasteiger partial charge in [-0.15, -0.1) is 11.8 Å². The summed E-state index contributed by atoms with van der Waals surface area (Å²) in [6.45, 7) is 0. The first-order valence-corrected chi connectivity index (χ1v) is 7.04. The predicted octanol–water partition coefficient (Wildman–Crippen LogP) is 3.65. The number of benzene rings is 2. The van der Waals surface area contributed by atoms with Gasteiger partial charge in [-0.25, -0.2) is 0 Å². The van der Waals surface area contributed by atoms with Crippen LogP contribution in [-0.2, 0) is 4.79 Å². The zero-order valence-electron chi connectivity index (χ0n) is 10.1. The molecule has 2 aromatic carbocycles. The van der Waals surface area contributed by atoms with Crippen LogP contribution in [0, 0.1) is 0 Å². The third kappa shape index (κ3) is 4.19. The first kappa shape index (κ1) is 13.8. The second kappa shape index (κ2) is 6.50. The molecular formula is C14H13ClN2OS. The summed E-state index contributed by atoms with van der Waals surface area (Å²) in [5.74, 6) is 0.240. The molecule has 0 radical (unpaired) electrons. The minimum atomic E-state index is -0.0880. The van der Waals surface area contributed by atoms with E-state index in [4.69, 9.17) is 17.3 Å². The van der Waals surface area contributed by atoms with E-state index in [1.807, 2.05) is 36.4 Å². The molecule has 0 aliphatic rings. The van der Waals surface area contributed by atoms with Crippen LogP contribution >= 0.6 is 23.4 Å². The highest BCUT2D eigenvalue weighted by atomic mass is 35.5. The van der Waals surface area contributed by atoms with Gasteiger partial charge in [0.15, 0.2) is 0 Å². The SMILES string of the molecule is Nc1ccc(SCC(=O)Nc2ccccc2Cl)cc1. The summed E-state index contributed by atoms with van der Waals surface area (Å²) in [5.41, 5.74) is 6.94.